The van der Waals surface area contributed by atoms with Gasteiger partial charge in [-0.2, -0.15) is 9.78 Å². The smallest absolute Gasteiger partial charge is 0.229 e. The molecular formula is C20H13FN4. The maximum Gasteiger partial charge on any atom is 0.229 e. The molecule has 0 aliphatic carbocycles. The van der Waals surface area contributed by atoms with Crippen LogP contribution in [0.1, 0.15) is 0 Å². The van der Waals surface area contributed by atoms with Gasteiger partial charge >= 0.3 is 0 Å². The Morgan fingerprint density at radius 3 is 2.68 bits per heavy atom. The number of benzene rings is 3. The molecule has 25 heavy (non-hydrogen) atoms. The first-order valence-electron chi connectivity index (χ1n) is 7.97. The molecule has 0 aliphatic heterocycles. The second-order valence-corrected chi connectivity index (χ2v) is 5.89. The highest BCUT2D eigenvalue weighted by Crippen LogP contribution is 2.26. The summed E-state index contributed by atoms with van der Waals surface area (Å²) in [5.41, 5.74) is 4.03. The third kappa shape index (κ3) is 2.21. The van der Waals surface area contributed by atoms with Crippen molar-refractivity contribution in [3.8, 4) is 17.1 Å². The van der Waals surface area contributed by atoms with Crippen molar-refractivity contribution >= 4 is 21.9 Å². The summed E-state index contributed by atoms with van der Waals surface area (Å²) >= 11 is 0. The third-order valence-corrected chi connectivity index (χ3v) is 4.33. The number of hydrogen-bond acceptors (Lipinski definition) is 2. The van der Waals surface area contributed by atoms with Gasteiger partial charge < -0.3 is 4.98 Å². The van der Waals surface area contributed by atoms with Gasteiger partial charge in [0, 0.05) is 10.9 Å². The molecule has 0 atom stereocenters. The highest BCUT2D eigenvalue weighted by atomic mass is 19.1. The van der Waals surface area contributed by atoms with Crippen molar-refractivity contribution < 1.29 is 4.39 Å². The molecule has 0 bridgehead atoms. The largest absolute Gasteiger partial charge is 0.322 e. The average molecular weight is 328 g/mol. The molecule has 3 aromatic carbocycles. The van der Waals surface area contributed by atoms with Crippen molar-refractivity contribution in [2.45, 2.75) is 0 Å². The molecule has 2 aromatic heterocycles. The first-order valence-corrected chi connectivity index (χ1v) is 7.97. The molecule has 5 rings (SSSR count). The Morgan fingerprint density at radius 1 is 0.920 bits per heavy atom. The molecule has 0 unspecified atom stereocenters. The van der Waals surface area contributed by atoms with Gasteiger partial charge in [0.25, 0.3) is 0 Å². The number of aromatic amines is 1. The molecule has 0 aliphatic rings. The lowest BCUT2D eigenvalue weighted by atomic mass is 10.0. The molecule has 0 amide bonds. The van der Waals surface area contributed by atoms with E-state index in [1.807, 2.05) is 54.7 Å². The Hall–Kier alpha value is -3.47. The van der Waals surface area contributed by atoms with Gasteiger partial charge in [-0.15, -0.1) is 0 Å². The molecule has 5 aromatic rings. The Bertz CT molecular complexity index is 1220. The molecule has 1 N–H and O–H groups in total. The molecule has 0 saturated carbocycles. The molecule has 0 saturated heterocycles. The predicted octanol–water partition coefficient (Wildman–Crippen LogP) is 4.71. The molecule has 0 radical (unpaired) electrons. The zero-order valence-corrected chi connectivity index (χ0v) is 13.1. The second-order valence-electron chi connectivity index (χ2n) is 5.89. The summed E-state index contributed by atoms with van der Waals surface area (Å²) in [6.07, 6.45) is 1.81. The van der Waals surface area contributed by atoms with Crippen LogP contribution in [0.15, 0.2) is 72.9 Å². The van der Waals surface area contributed by atoms with Gasteiger partial charge in [0.1, 0.15) is 5.82 Å². The first kappa shape index (κ1) is 13.9. The van der Waals surface area contributed by atoms with Crippen molar-refractivity contribution in [1.82, 2.24) is 19.7 Å². The van der Waals surface area contributed by atoms with E-state index in [0.717, 1.165) is 27.5 Å². The monoisotopic (exact) mass is 328 g/mol. The van der Waals surface area contributed by atoms with Crippen LogP contribution in [0.2, 0.25) is 0 Å². The van der Waals surface area contributed by atoms with E-state index in [-0.39, 0.29) is 5.82 Å². The van der Waals surface area contributed by atoms with E-state index < -0.39 is 0 Å². The Labute approximate surface area is 142 Å². The normalized spacial score (nSPS) is 11.4. The first-order chi connectivity index (χ1) is 12.3. The second kappa shape index (κ2) is 5.27. The van der Waals surface area contributed by atoms with Crippen molar-refractivity contribution in [3.05, 3.63) is 78.7 Å². The number of fused-ring (bicyclic) bond motifs is 2. The minimum absolute atomic E-state index is 0.236. The molecule has 120 valence electrons. The lowest BCUT2D eigenvalue weighted by Gasteiger charge is -2.02. The van der Waals surface area contributed by atoms with Gasteiger partial charge in [0.15, 0.2) is 0 Å². The molecule has 4 nitrogen and oxygen atoms in total. The number of imidazole rings is 1. The van der Waals surface area contributed by atoms with Crippen molar-refractivity contribution in [1.29, 1.82) is 0 Å². The number of para-hydroxylation sites is 1. The van der Waals surface area contributed by atoms with E-state index in [1.165, 1.54) is 6.07 Å². The lowest BCUT2D eigenvalue weighted by molar-refractivity contribution is 0.631. The van der Waals surface area contributed by atoms with Crippen molar-refractivity contribution in [2.24, 2.45) is 0 Å². The van der Waals surface area contributed by atoms with Crippen LogP contribution < -0.4 is 0 Å². The van der Waals surface area contributed by atoms with Gasteiger partial charge in [-0.1, -0.05) is 42.5 Å². The number of H-pyrrole nitrogens is 1. The quantitative estimate of drug-likeness (QED) is 0.510. The maximum atomic E-state index is 14.0. The van der Waals surface area contributed by atoms with Crippen LogP contribution in [0.4, 0.5) is 4.39 Å². The number of nitrogens with one attached hydrogen (secondary N) is 1. The topological polar surface area (TPSA) is 46.5 Å². The Balaban J connectivity index is 1.66. The summed E-state index contributed by atoms with van der Waals surface area (Å²) in [5, 5.41) is 5.47. The van der Waals surface area contributed by atoms with E-state index >= 15 is 0 Å². The van der Waals surface area contributed by atoms with Crippen LogP contribution in [-0.2, 0) is 0 Å². The molecule has 0 fully saturated rings. The number of hydrogen-bond donors (Lipinski definition) is 1. The standard InChI is InChI=1S/C20H13FN4/c21-16-7-3-2-6-15(16)13-9-10-17-18(11-13)24-20(23-17)25-19-8-4-1-5-14(19)12-22-25/h1-12H,(H,23,24). The minimum atomic E-state index is -0.236. The highest BCUT2D eigenvalue weighted by Gasteiger charge is 2.11. The van der Waals surface area contributed by atoms with Crippen LogP contribution in [0.5, 0.6) is 0 Å². The molecule has 0 spiro atoms. The lowest BCUT2D eigenvalue weighted by Crippen LogP contribution is -1.97. The van der Waals surface area contributed by atoms with Crippen LogP contribution in [0.25, 0.3) is 39.0 Å². The zero-order chi connectivity index (χ0) is 16.8. The fourth-order valence-electron chi connectivity index (χ4n) is 3.10. The van der Waals surface area contributed by atoms with Gasteiger partial charge in [-0.3, -0.25) is 0 Å². The van der Waals surface area contributed by atoms with Gasteiger partial charge in [-0.05, 0) is 29.8 Å². The number of aromatic nitrogens is 4. The van der Waals surface area contributed by atoms with Crippen LogP contribution in [-0.4, -0.2) is 19.7 Å². The SMILES string of the molecule is Fc1ccccc1-c1ccc2nc(-n3ncc4ccccc43)[nH]c2c1. The fraction of sp³-hybridized carbons (Fsp3) is 0. The molecular weight excluding hydrogens is 315 g/mol. The summed E-state index contributed by atoms with van der Waals surface area (Å²) in [6.45, 7) is 0. The summed E-state index contributed by atoms with van der Waals surface area (Å²) in [4.78, 5) is 7.90. The number of halogens is 1. The summed E-state index contributed by atoms with van der Waals surface area (Å²) in [7, 11) is 0. The molecule has 5 heteroatoms. The average Bonchev–Trinajstić information content (AvgIpc) is 3.25. The van der Waals surface area contributed by atoms with Gasteiger partial charge in [0.2, 0.25) is 5.95 Å². The van der Waals surface area contributed by atoms with E-state index in [1.54, 1.807) is 16.8 Å². The number of rotatable bonds is 2. The fourth-order valence-corrected chi connectivity index (χ4v) is 3.10. The van der Waals surface area contributed by atoms with E-state index in [0.29, 0.717) is 11.5 Å². The van der Waals surface area contributed by atoms with E-state index in [4.69, 9.17) is 0 Å². The van der Waals surface area contributed by atoms with Crippen LogP contribution >= 0.6 is 0 Å². The minimum Gasteiger partial charge on any atom is -0.322 e. The summed E-state index contributed by atoms with van der Waals surface area (Å²) < 4.78 is 15.8. The van der Waals surface area contributed by atoms with E-state index in [2.05, 4.69) is 15.1 Å². The van der Waals surface area contributed by atoms with Crippen molar-refractivity contribution in [3.63, 3.8) is 0 Å². The predicted molar refractivity (Wildman–Crippen MR) is 96.1 cm³/mol. The van der Waals surface area contributed by atoms with Crippen LogP contribution in [0.3, 0.4) is 0 Å². The van der Waals surface area contributed by atoms with Gasteiger partial charge in [0.05, 0.1) is 22.7 Å². The zero-order valence-electron chi connectivity index (χ0n) is 13.1. The highest BCUT2D eigenvalue weighted by molar-refractivity contribution is 5.84. The summed E-state index contributed by atoms with van der Waals surface area (Å²) in [5.74, 6) is 0.404. The maximum absolute atomic E-state index is 14.0. The third-order valence-electron chi connectivity index (χ3n) is 4.33. The van der Waals surface area contributed by atoms with Gasteiger partial charge in [-0.25, -0.2) is 9.37 Å². The summed E-state index contributed by atoms with van der Waals surface area (Å²) in [6, 6.07) is 20.4. The van der Waals surface area contributed by atoms with E-state index in [9.17, 15) is 4.39 Å². The molecule has 2 heterocycles. The Morgan fingerprint density at radius 2 is 1.76 bits per heavy atom. The Kier molecular flexibility index (Phi) is 2.94. The van der Waals surface area contributed by atoms with Crippen LogP contribution in [0, 0.1) is 5.82 Å². The van der Waals surface area contributed by atoms with Crippen molar-refractivity contribution in [2.75, 3.05) is 0 Å². The number of nitrogens with zero attached hydrogens (tertiary/aromatic N) is 3.